The molecule has 422 valence electrons. The average molecular weight is 1120 g/mol. The van der Waals surface area contributed by atoms with Gasteiger partial charge in [0.1, 0.15) is 48.1 Å². The SMILES string of the molecule is Cc1ncsc1-c1ccc([C@H](CO)NC(=O)[C@@H]2C[C@@H](O)CN2C(=O)[C@H](C(C)C)n2cc(-c3ccc(COc4c(-c5c(C)c(F)cc6[nH]ncc56)c(C5CC5)cc5c(N6CCCNCC6)nc(OC[C@H]6CCCO6)nc45)cc3)nn2)cc1. The third-order valence-corrected chi connectivity index (χ3v) is 17.2. The number of hydrogen-bond donors (Lipinski definition) is 5. The van der Waals surface area contributed by atoms with E-state index >= 15 is 4.39 Å². The van der Waals surface area contributed by atoms with Gasteiger partial charge < -0.3 is 44.9 Å². The Morgan fingerprint density at radius 1 is 0.963 bits per heavy atom. The molecule has 2 amide bonds. The number of aromatic nitrogens is 8. The molecule has 8 aromatic rings. The number of fused-ring (bicyclic) bond motifs is 2. The quantitative estimate of drug-likeness (QED) is 0.0546. The molecule has 81 heavy (non-hydrogen) atoms. The van der Waals surface area contributed by atoms with E-state index in [-0.39, 0.29) is 61.9 Å². The lowest BCUT2D eigenvalue weighted by molar-refractivity contribution is -0.142. The molecule has 4 fully saturated rings. The fourth-order valence-electron chi connectivity index (χ4n) is 11.7. The number of benzene rings is 4. The Balaban J connectivity index is 0.823. The van der Waals surface area contributed by atoms with Crippen LogP contribution in [0.5, 0.6) is 11.8 Å². The molecule has 0 bridgehead atoms. The summed E-state index contributed by atoms with van der Waals surface area (Å²) in [5.41, 5.74) is 10.7. The van der Waals surface area contributed by atoms with Gasteiger partial charge in [-0.25, -0.2) is 14.1 Å². The number of amides is 2. The van der Waals surface area contributed by atoms with Gasteiger partial charge in [-0.15, -0.1) is 16.4 Å². The van der Waals surface area contributed by atoms with Gasteiger partial charge in [0.25, 0.3) is 0 Å². The summed E-state index contributed by atoms with van der Waals surface area (Å²) in [6.45, 7) is 11.5. The summed E-state index contributed by atoms with van der Waals surface area (Å²) >= 11 is 1.54. The van der Waals surface area contributed by atoms with Crippen molar-refractivity contribution >= 4 is 50.8 Å². The average Bonchev–Trinajstić information content (AvgIpc) is 4.00. The molecule has 5 atom stereocenters. The Bertz CT molecular complexity index is 3570. The van der Waals surface area contributed by atoms with Crippen molar-refractivity contribution in [1.82, 2.24) is 55.7 Å². The number of carbonyl (C=O) groups excluding carboxylic acids is 2. The van der Waals surface area contributed by atoms with Crippen LogP contribution in [0.15, 0.2) is 78.6 Å². The fourth-order valence-corrected chi connectivity index (χ4v) is 12.5. The molecule has 5 N–H and O–H groups in total. The van der Waals surface area contributed by atoms with E-state index in [4.69, 9.17) is 24.2 Å². The van der Waals surface area contributed by atoms with E-state index in [9.17, 15) is 19.8 Å². The first-order valence-electron chi connectivity index (χ1n) is 28.2. The van der Waals surface area contributed by atoms with Crippen molar-refractivity contribution in [1.29, 1.82) is 0 Å². The number of aromatic amines is 1. The van der Waals surface area contributed by atoms with Crippen LogP contribution in [-0.2, 0) is 20.9 Å². The van der Waals surface area contributed by atoms with Gasteiger partial charge >= 0.3 is 6.01 Å². The van der Waals surface area contributed by atoms with Crippen molar-refractivity contribution in [2.75, 3.05) is 57.4 Å². The summed E-state index contributed by atoms with van der Waals surface area (Å²) in [4.78, 5) is 48.0. The molecule has 21 heteroatoms. The molecular weight excluding hydrogens is 1050 g/mol. The molecule has 4 aliphatic rings. The molecule has 0 unspecified atom stereocenters. The smallest absolute Gasteiger partial charge is 0.319 e. The van der Waals surface area contributed by atoms with Crippen molar-refractivity contribution in [3.8, 4) is 44.6 Å². The number of hydrogen-bond acceptors (Lipinski definition) is 16. The number of anilines is 1. The van der Waals surface area contributed by atoms with E-state index in [1.54, 1.807) is 36.2 Å². The lowest BCUT2D eigenvalue weighted by Crippen LogP contribution is -2.50. The summed E-state index contributed by atoms with van der Waals surface area (Å²) in [6.07, 6.45) is 7.27. The van der Waals surface area contributed by atoms with Gasteiger partial charge in [0, 0.05) is 66.7 Å². The lowest BCUT2D eigenvalue weighted by Gasteiger charge is -2.30. The standard InChI is InChI=1S/C60H67FN12O7S/c1-33(2)54(59(77)72-27-41(75)23-50(72)58(76)65-49(29-74)39-14-16-40(17-15-39)56-35(4)63-32-81-56)73-28-48(69-70-73)38-10-8-36(9-11-38)30-79-55-52(51-34(3)46(61)25-47-45(51)26-64-68-47)43(37-12-13-37)24-44-53(55)66-60(80-31-42-7-5-22-78-42)67-57(44)71-20-6-18-62-19-21-71/h8-11,14-17,24-26,28,32-33,37,41-42,49-50,54,62,74-75H,5-7,12-13,18-23,27,29-31H2,1-4H3,(H,64,68)(H,65,76)/t41-,42-,49+,50+,54+/m1/s1. The third kappa shape index (κ3) is 11.1. The molecule has 1 aliphatic carbocycles. The highest BCUT2D eigenvalue weighted by Gasteiger charge is 2.43. The maximum absolute atomic E-state index is 16.1. The molecule has 4 aromatic carbocycles. The first kappa shape index (κ1) is 54.2. The molecule has 19 nitrogen and oxygen atoms in total. The minimum absolute atomic E-state index is 0.0371. The van der Waals surface area contributed by atoms with Gasteiger partial charge in [-0.1, -0.05) is 67.6 Å². The molecule has 12 rings (SSSR count). The summed E-state index contributed by atoms with van der Waals surface area (Å²) in [5.74, 6) is 0.00513. The zero-order valence-electron chi connectivity index (χ0n) is 45.9. The van der Waals surface area contributed by atoms with Crippen molar-refractivity contribution in [3.05, 3.63) is 112 Å². The van der Waals surface area contributed by atoms with Crippen LogP contribution in [0.1, 0.15) is 98.3 Å². The molecule has 1 saturated carbocycles. The number of aliphatic hydroxyl groups excluding tert-OH is 2. The lowest BCUT2D eigenvalue weighted by atomic mass is 9.88. The minimum Gasteiger partial charge on any atom is -0.486 e. The topological polar surface area (TPSA) is 231 Å². The highest BCUT2D eigenvalue weighted by molar-refractivity contribution is 7.13. The van der Waals surface area contributed by atoms with Crippen LogP contribution >= 0.6 is 11.3 Å². The van der Waals surface area contributed by atoms with E-state index in [1.807, 2.05) is 69.3 Å². The van der Waals surface area contributed by atoms with Crippen LogP contribution in [0.2, 0.25) is 0 Å². The van der Waals surface area contributed by atoms with Crippen LogP contribution in [0.25, 0.3) is 54.6 Å². The number of carbonyl (C=O) groups is 2. The Morgan fingerprint density at radius 3 is 2.52 bits per heavy atom. The van der Waals surface area contributed by atoms with E-state index in [0.717, 1.165) is 113 Å². The summed E-state index contributed by atoms with van der Waals surface area (Å²) < 4.78 is 37.1. The zero-order valence-corrected chi connectivity index (χ0v) is 46.7. The molecule has 0 spiro atoms. The number of nitrogens with zero attached hydrogens (tertiary/aromatic N) is 9. The molecule has 4 aromatic heterocycles. The maximum atomic E-state index is 16.1. The Hall–Kier alpha value is -7.43. The van der Waals surface area contributed by atoms with Crippen LogP contribution in [0, 0.1) is 25.6 Å². The number of H-pyrrole nitrogens is 1. The minimum atomic E-state index is -0.979. The van der Waals surface area contributed by atoms with Crippen molar-refractivity contribution in [2.45, 2.75) is 109 Å². The van der Waals surface area contributed by atoms with Gasteiger partial charge in [0.2, 0.25) is 11.8 Å². The van der Waals surface area contributed by atoms with Gasteiger partial charge in [-0.3, -0.25) is 14.7 Å². The van der Waals surface area contributed by atoms with Crippen LogP contribution in [0.4, 0.5) is 10.2 Å². The number of ether oxygens (including phenoxy) is 3. The van der Waals surface area contributed by atoms with Crippen molar-refractivity contribution in [2.24, 2.45) is 5.92 Å². The van der Waals surface area contributed by atoms with Gasteiger partial charge in [-0.2, -0.15) is 15.1 Å². The fraction of sp³-hybridized carbons (Fsp3) is 0.433. The summed E-state index contributed by atoms with van der Waals surface area (Å²) in [6, 6.07) is 16.7. The van der Waals surface area contributed by atoms with Gasteiger partial charge in [0.05, 0.1) is 58.8 Å². The molecule has 0 radical (unpaired) electrons. The number of halogens is 1. The van der Waals surface area contributed by atoms with Crippen molar-refractivity contribution in [3.63, 3.8) is 0 Å². The molecular formula is C60H67FN12O7S. The molecule has 7 heterocycles. The number of likely N-dealkylation sites (tertiary alicyclic amines) is 1. The number of rotatable bonds is 18. The van der Waals surface area contributed by atoms with Gasteiger partial charge in [-0.05, 0) is 104 Å². The van der Waals surface area contributed by atoms with Crippen LogP contribution < -0.4 is 25.0 Å². The highest BCUT2D eigenvalue weighted by Crippen LogP contribution is 2.53. The summed E-state index contributed by atoms with van der Waals surface area (Å²) in [7, 11) is 0. The van der Waals surface area contributed by atoms with Crippen LogP contribution in [-0.4, -0.2) is 138 Å². The number of aryl methyl sites for hydroxylation is 1. The summed E-state index contributed by atoms with van der Waals surface area (Å²) in [5, 5.41) is 45.8. The Morgan fingerprint density at radius 2 is 1.78 bits per heavy atom. The Labute approximate surface area is 472 Å². The van der Waals surface area contributed by atoms with E-state index < -0.39 is 30.1 Å². The normalized spacial score (nSPS) is 19.4. The Kier molecular flexibility index (Phi) is 15.5. The number of aliphatic hydroxyl groups is 2. The van der Waals surface area contributed by atoms with Crippen molar-refractivity contribution < 1.29 is 38.4 Å². The predicted molar refractivity (Wildman–Crippen MR) is 306 cm³/mol. The number of nitrogens with one attached hydrogen (secondary N) is 3. The molecule has 3 aliphatic heterocycles. The largest absolute Gasteiger partial charge is 0.486 e. The van der Waals surface area contributed by atoms with Crippen LogP contribution in [0.3, 0.4) is 0 Å². The number of β-amino-alcohol motifs (C(OH)–C–C–N with tert-alkyl or cyclic N) is 1. The van der Waals surface area contributed by atoms with Gasteiger partial charge in [0.15, 0.2) is 5.75 Å². The predicted octanol–water partition coefficient (Wildman–Crippen LogP) is 8.13. The zero-order chi connectivity index (χ0) is 55.9. The first-order chi connectivity index (χ1) is 39.4. The second-order valence-electron chi connectivity index (χ2n) is 22.2. The van der Waals surface area contributed by atoms with E-state index in [2.05, 4.69) is 47.1 Å². The van der Waals surface area contributed by atoms with E-state index in [1.165, 1.54) is 15.6 Å². The second-order valence-corrected chi connectivity index (χ2v) is 23.0. The first-order valence-corrected chi connectivity index (χ1v) is 29.0. The molecule has 3 saturated heterocycles. The van der Waals surface area contributed by atoms with E-state index in [0.29, 0.717) is 52.4 Å². The highest BCUT2D eigenvalue weighted by atomic mass is 32.1. The third-order valence-electron chi connectivity index (χ3n) is 16.2. The second kappa shape index (κ2) is 23.2. The monoisotopic (exact) mass is 1120 g/mol. The maximum Gasteiger partial charge on any atom is 0.319 e. The number of thiazole rings is 1.